The minimum absolute atomic E-state index is 0.0548. The summed E-state index contributed by atoms with van der Waals surface area (Å²) in [5.41, 5.74) is 0.395. The fourth-order valence-electron chi connectivity index (χ4n) is 2.51. The van der Waals surface area contributed by atoms with Gasteiger partial charge in [-0.15, -0.1) is 0 Å². The van der Waals surface area contributed by atoms with E-state index in [1.165, 1.54) is 18.3 Å². The first-order valence-corrected chi connectivity index (χ1v) is 7.97. The van der Waals surface area contributed by atoms with E-state index in [-0.39, 0.29) is 22.6 Å². The summed E-state index contributed by atoms with van der Waals surface area (Å²) in [5, 5.41) is 10.1. The van der Waals surface area contributed by atoms with Crippen LogP contribution in [0.4, 0.5) is 0 Å². The van der Waals surface area contributed by atoms with Crippen molar-refractivity contribution in [2.45, 2.75) is 0 Å². The number of phenolic OH excluding ortho intramolecular Hbond substituents is 1. The van der Waals surface area contributed by atoms with E-state index in [1.807, 2.05) is 0 Å². The fraction of sp³-hybridized carbons (Fsp3) is 0. The molecule has 0 radical (unpaired) electrons. The number of hydrogen-bond donors (Lipinski definition) is 1. The zero-order valence-corrected chi connectivity index (χ0v) is 13.8. The summed E-state index contributed by atoms with van der Waals surface area (Å²) in [4.78, 5) is 31.9. The lowest BCUT2D eigenvalue weighted by atomic mass is 10.2. The topological polar surface area (TPSA) is 103 Å². The van der Waals surface area contributed by atoms with Crippen LogP contribution in [-0.4, -0.2) is 21.0 Å². The Morgan fingerprint density at radius 1 is 1.04 bits per heavy atom. The SMILES string of the molecule is O=C(Oc1ccc(-c2nc(=O)c3cccc(O)c3o2)cc1)c1cccnc1. The zero-order valence-electron chi connectivity index (χ0n) is 13.8. The Kier molecular flexibility index (Phi) is 4.10. The highest BCUT2D eigenvalue weighted by molar-refractivity contribution is 5.90. The molecule has 0 spiro atoms. The molecule has 7 heteroatoms. The smallest absolute Gasteiger partial charge is 0.345 e. The second-order valence-corrected chi connectivity index (χ2v) is 5.63. The molecule has 2 aromatic carbocycles. The van der Waals surface area contributed by atoms with Crippen molar-refractivity contribution in [3.05, 3.63) is 82.9 Å². The van der Waals surface area contributed by atoms with Crippen molar-refractivity contribution < 1.29 is 19.1 Å². The number of hydrogen-bond acceptors (Lipinski definition) is 7. The van der Waals surface area contributed by atoms with Crippen molar-refractivity contribution in [3.63, 3.8) is 0 Å². The van der Waals surface area contributed by atoms with Gasteiger partial charge in [-0.3, -0.25) is 9.78 Å². The predicted octanol–water partition coefficient (Wildman–Crippen LogP) is 3.17. The van der Waals surface area contributed by atoms with Gasteiger partial charge in [0.25, 0.3) is 5.56 Å². The number of aromatic nitrogens is 2. The van der Waals surface area contributed by atoms with Crippen LogP contribution in [0.2, 0.25) is 0 Å². The molecule has 0 atom stereocenters. The van der Waals surface area contributed by atoms with E-state index < -0.39 is 11.5 Å². The third-order valence-corrected chi connectivity index (χ3v) is 3.84. The molecule has 2 aromatic heterocycles. The molecular weight excluding hydrogens is 348 g/mol. The maximum absolute atomic E-state index is 12.1. The van der Waals surface area contributed by atoms with Crippen molar-refractivity contribution in [2.75, 3.05) is 0 Å². The molecule has 0 fully saturated rings. The molecule has 1 N–H and O–H groups in total. The number of para-hydroxylation sites is 1. The third-order valence-electron chi connectivity index (χ3n) is 3.84. The molecule has 0 saturated carbocycles. The van der Waals surface area contributed by atoms with Crippen LogP contribution in [0.5, 0.6) is 11.5 Å². The first kappa shape index (κ1) is 16.5. The van der Waals surface area contributed by atoms with E-state index in [2.05, 4.69) is 9.97 Å². The molecule has 0 aliphatic rings. The number of aromatic hydroxyl groups is 1. The second-order valence-electron chi connectivity index (χ2n) is 5.63. The summed E-state index contributed by atoms with van der Waals surface area (Å²) in [6.45, 7) is 0. The van der Waals surface area contributed by atoms with E-state index in [4.69, 9.17) is 9.15 Å². The van der Waals surface area contributed by atoms with Crippen LogP contribution in [0.15, 0.2) is 76.2 Å². The van der Waals surface area contributed by atoms with E-state index in [0.717, 1.165) is 0 Å². The van der Waals surface area contributed by atoms with E-state index in [9.17, 15) is 14.7 Å². The number of pyridine rings is 1. The van der Waals surface area contributed by atoms with Gasteiger partial charge in [-0.1, -0.05) is 6.07 Å². The highest BCUT2D eigenvalue weighted by Gasteiger charge is 2.12. The Balaban J connectivity index is 1.63. The summed E-state index contributed by atoms with van der Waals surface area (Å²) >= 11 is 0. The number of rotatable bonds is 3. The van der Waals surface area contributed by atoms with Gasteiger partial charge in [0, 0.05) is 18.0 Å². The van der Waals surface area contributed by atoms with Crippen LogP contribution < -0.4 is 10.3 Å². The number of carbonyl (C=O) groups is 1. The minimum Gasteiger partial charge on any atom is -0.504 e. The van der Waals surface area contributed by atoms with Gasteiger partial charge in [0.2, 0.25) is 5.89 Å². The Morgan fingerprint density at radius 2 is 1.85 bits per heavy atom. The van der Waals surface area contributed by atoms with Crippen LogP contribution in [0.25, 0.3) is 22.4 Å². The average molecular weight is 360 g/mol. The van der Waals surface area contributed by atoms with Crippen LogP contribution >= 0.6 is 0 Å². The van der Waals surface area contributed by atoms with Gasteiger partial charge in [0.15, 0.2) is 11.3 Å². The van der Waals surface area contributed by atoms with Crippen molar-refractivity contribution in [3.8, 4) is 23.0 Å². The largest absolute Gasteiger partial charge is 0.504 e. The lowest BCUT2D eigenvalue weighted by Crippen LogP contribution is -2.09. The van der Waals surface area contributed by atoms with E-state index >= 15 is 0 Å². The second kappa shape index (κ2) is 6.72. The summed E-state index contributed by atoms with van der Waals surface area (Å²) in [7, 11) is 0. The number of ether oxygens (including phenoxy) is 1. The van der Waals surface area contributed by atoms with Crippen LogP contribution in [-0.2, 0) is 0 Å². The predicted molar refractivity (Wildman–Crippen MR) is 96.6 cm³/mol. The van der Waals surface area contributed by atoms with E-state index in [0.29, 0.717) is 16.9 Å². The fourth-order valence-corrected chi connectivity index (χ4v) is 2.51. The lowest BCUT2D eigenvalue weighted by molar-refractivity contribution is 0.0734. The quantitative estimate of drug-likeness (QED) is 0.442. The molecule has 27 heavy (non-hydrogen) atoms. The first-order valence-electron chi connectivity index (χ1n) is 7.97. The van der Waals surface area contributed by atoms with Crippen LogP contribution in [0.3, 0.4) is 0 Å². The number of phenols is 1. The Hall–Kier alpha value is -4.00. The Labute approximate surface area is 152 Å². The molecule has 2 heterocycles. The zero-order chi connectivity index (χ0) is 18.8. The standard InChI is InChI=1S/C20H12N2O5/c23-16-5-1-4-15-17(16)27-19(22-18(15)24)12-6-8-14(9-7-12)26-20(25)13-3-2-10-21-11-13/h1-11,23H. The van der Waals surface area contributed by atoms with Gasteiger partial charge in [-0.25, -0.2) is 4.79 Å². The highest BCUT2D eigenvalue weighted by atomic mass is 16.5. The monoisotopic (exact) mass is 360 g/mol. The third kappa shape index (κ3) is 3.25. The molecule has 4 aromatic rings. The number of esters is 1. The van der Waals surface area contributed by atoms with Gasteiger partial charge in [-0.05, 0) is 48.5 Å². The Morgan fingerprint density at radius 3 is 2.59 bits per heavy atom. The molecule has 0 saturated heterocycles. The Bertz CT molecular complexity index is 1180. The summed E-state index contributed by atoms with van der Waals surface area (Å²) in [5.74, 6) is -0.302. The normalized spacial score (nSPS) is 10.7. The van der Waals surface area contributed by atoms with Crippen molar-refractivity contribution >= 4 is 16.9 Å². The highest BCUT2D eigenvalue weighted by Crippen LogP contribution is 2.27. The molecule has 7 nitrogen and oxygen atoms in total. The minimum atomic E-state index is -0.531. The van der Waals surface area contributed by atoms with Gasteiger partial charge >= 0.3 is 5.97 Å². The molecule has 0 aliphatic carbocycles. The molecule has 132 valence electrons. The van der Waals surface area contributed by atoms with Crippen molar-refractivity contribution in [1.82, 2.24) is 9.97 Å². The van der Waals surface area contributed by atoms with Gasteiger partial charge < -0.3 is 14.3 Å². The summed E-state index contributed by atoms with van der Waals surface area (Å²) in [6.07, 6.45) is 2.98. The van der Waals surface area contributed by atoms with Crippen LogP contribution in [0.1, 0.15) is 10.4 Å². The number of benzene rings is 2. The summed E-state index contributed by atoms with van der Waals surface area (Å²) in [6, 6.07) is 14.1. The molecule has 0 bridgehead atoms. The van der Waals surface area contributed by atoms with Crippen LogP contribution in [0, 0.1) is 0 Å². The average Bonchev–Trinajstić information content (AvgIpc) is 2.70. The maximum Gasteiger partial charge on any atom is 0.345 e. The summed E-state index contributed by atoms with van der Waals surface area (Å²) < 4.78 is 10.8. The van der Waals surface area contributed by atoms with Gasteiger partial charge in [0.05, 0.1) is 10.9 Å². The maximum atomic E-state index is 12.1. The number of nitrogens with zero attached hydrogens (tertiary/aromatic N) is 2. The first-order chi connectivity index (χ1) is 13.1. The van der Waals surface area contributed by atoms with Gasteiger partial charge in [0.1, 0.15) is 5.75 Å². The molecule has 0 unspecified atom stereocenters. The lowest BCUT2D eigenvalue weighted by Gasteiger charge is -2.06. The molecule has 0 aliphatic heterocycles. The van der Waals surface area contributed by atoms with Crippen molar-refractivity contribution in [2.24, 2.45) is 0 Å². The molecule has 0 amide bonds. The van der Waals surface area contributed by atoms with Gasteiger partial charge in [-0.2, -0.15) is 4.98 Å². The number of fused-ring (bicyclic) bond motifs is 1. The molecule has 4 rings (SSSR count). The number of carbonyl (C=O) groups excluding carboxylic acids is 1. The van der Waals surface area contributed by atoms with Crippen molar-refractivity contribution in [1.29, 1.82) is 0 Å². The van der Waals surface area contributed by atoms with E-state index in [1.54, 1.807) is 48.7 Å². The molecular formula is C20H12N2O5.